The van der Waals surface area contributed by atoms with Crippen LogP contribution in [0.1, 0.15) is 10.4 Å². The molecule has 6 heteroatoms. The predicted molar refractivity (Wildman–Crippen MR) is 78.7 cm³/mol. The van der Waals surface area contributed by atoms with Gasteiger partial charge in [0.05, 0.1) is 17.7 Å². The quantitative estimate of drug-likeness (QED) is 0.683. The lowest BCUT2D eigenvalue weighted by Crippen LogP contribution is -2.05. The number of ether oxygens (including phenoxy) is 2. The van der Waals surface area contributed by atoms with E-state index in [0.29, 0.717) is 27.2 Å². The highest BCUT2D eigenvalue weighted by Crippen LogP contribution is 2.33. The lowest BCUT2D eigenvalue weighted by molar-refractivity contribution is 0.0601. The van der Waals surface area contributed by atoms with E-state index in [2.05, 4.69) is 4.74 Å². The molecule has 0 aromatic heterocycles. The summed E-state index contributed by atoms with van der Waals surface area (Å²) in [6, 6.07) is 9.52. The van der Waals surface area contributed by atoms with E-state index in [1.54, 1.807) is 30.3 Å². The first-order valence-electron chi connectivity index (χ1n) is 5.62. The molecule has 2 rings (SSSR count). The lowest BCUT2D eigenvalue weighted by Gasteiger charge is -2.10. The number of anilines is 1. The number of hydrogen-bond donors (Lipinski definition) is 1. The molecule has 0 unspecified atom stereocenters. The van der Waals surface area contributed by atoms with Crippen molar-refractivity contribution in [3.05, 3.63) is 52.0 Å². The highest BCUT2D eigenvalue weighted by atomic mass is 35.5. The van der Waals surface area contributed by atoms with E-state index in [0.717, 1.165) is 0 Å². The Bertz CT molecular complexity index is 659. The third kappa shape index (κ3) is 3.15. The van der Waals surface area contributed by atoms with Crippen molar-refractivity contribution in [3.8, 4) is 11.5 Å². The summed E-state index contributed by atoms with van der Waals surface area (Å²) < 4.78 is 10.2. The fourth-order valence-corrected chi connectivity index (χ4v) is 1.89. The number of nitrogen functional groups attached to an aromatic ring is 1. The maximum Gasteiger partial charge on any atom is 0.340 e. The van der Waals surface area contributed by atoms with Gasteiger partial charge < -0.3 is 15.2 Å². The average Bonchev–Trinajstić information content (AvgIpc) is 2.44. The highest BCUT2D eigenvalue weighted by molar-refractivity contribution is 6.34. The molecule has 0 saturated carbocycles. The largest absolute Gasteiger partial charge is 0.465 e. The van der Waals surface area contributed by atoms with Crippen LogP contribution in [0.3, 0.4) is 0 Å². The standard InChI is InChI=1S/C14H11Cl2NO3/c1-19-14(18)10-7-9(3-5-12(10)17)20-13-6-8(15)2-4-11(13)16/h2-7H,17H2,1H3. The van der Waals surface area contributed by atoms with Gasteiger partial charge in [0.15, 0.2) is 0 Å². The minimum absolute atomic E-state index is 0.225. The molecule has 0 heterocycles. The summed E-state index contributed by atoms with van der Waals surface area (Å²) in [6.45, 7) is 0. The predicted octanol–water partition coefficient (Wildman–Crippen LogP) is 4.15. The summed E-state index contributed by atoms with van der Waals surface area (Å²) in [5.41, 5.74) is 6.24. The Kier molecular flexibility index (Phi) is 4.37. The van der Waals surface area contributed by atoms with Crippen LogP contribution in [0.15, 0.2) is 36.4 Å². The lowest BCUT2D eigenvalue weighted by atomic mass is 10.1. The zero-order valence-corrected chi connectivity index (χ0v) is 12.0. The zero-order valence-electron chi connectivity index (χ0n) is 10.5. The number of carbonyl (C=O) groups excluding carboxylic acids is 1. The van der Waals surface area contributed by atoms with E-state index in [1.807, 2.05) is 0 Å². The van der Waals surface area contributed by atoms with Gasteiger partial charge in [-0.3, -0.25) is 0 Å². The van der Waals surface area contributed by atoms with Crippen LogP contribution in [-0.4, -0.2) is 13.1 Å². The highest BCUT2D eigenvalue weighted by Gasteiger charge is 2.12. The van der Waals surface area contributed by atoms with Crippen molar-refractivity contribution in [3.63, 3.8) is 0 Å². The molecule has 2 N–H and O–H groups in total. The summed E-state index contributed by atoms with van der Waals surface area (Å²) >= 11 is 11.9. The van der Waals surface area contributed by atoms with Crippen molar-refractivity contribution in [2.45, 2.75) is 0 Å². The molecule has 2 aromatic rings. The van der Waals surface area contributed by atoms with Crippen LogP contribution in [0, 0.1) is 0 Å². The van der Waals surface area contributed by atoms with Gasteiger partial charge in [-0.05, 0) is 30.3 Å². The molecule has 0 aliphatic rings. The summed E-state index contributed by atoms with van der Waals surface area (Å²) in [6.07, 6.45) is 0. The summed E-state index contributed by atoms with van der Waals surface area (Å²) in [7, 11) is 1.28. The number of esters is 1. The first kappa shape index (κ1) is 14.5. The second-order valence-electron chi connectivity index (χ2n) is 3.92. The van der Waals surface area contributed by atoms with Gasteiger partial charge in [0.1, 0.15) is 11.5 Å². The average molecular weight is 312 g/mol. The maximum atomic E-state index is 11.6. The van der Waals surface area contributed by atoms with Crippen LogP contribution in [-0.2, 0) is 4.74 Å². The normalized spacial score (nSPS) is 10.2. The van der Waals surface area contributed by atoms with Crippen LogP contribution in [0.4, 0.5) is 5.69 Å². The topological polar surface area (TPSA) is 61.5 Å². The minimum atomic E-state index is -0.537. The summed E-state index contributed by atoms with van der Waals surface area (Å²) in [5, 5.41) is 0.902. The summed E-state index contributed by atoms with van der Waals surface area (Å²) in [5.74, 6) is 0.258. The van der Waals surface area contributed by atoms with E-state index < -0.39 is 5.97 Å². The molecule has 0 aliphatic carbocycles. The van der Waals surface area contributed by atoms with Gasteiger partial charge in [-0.1, -0.05) is 23.2 Å². The Hall–Kier alpha value is -1.91. The van der Waals surface area contributed by atoms with Gasteiger partial charge in [0.25, 0.3) is 0 Å². The Morgan fingerprint density at radius 3 is 2.60 bits per heavy atom. The van der Waals surface area contributed by atoms with Crippen LogP contribution in [0.5, 0.6) is 11.5 Å². The number of carbonyl (C=O) groups is 1. The number of halogens is 2. The molecule has 0 saturated heterocycles. The molecule has 0 atom stereocenters. The third-order valence-electron chi connectivity index (χ3n) is 2.55. The first-order valence-corrected chi connectivity index (χ1v) is 6.37. The second kappa shape index (κ2) is 6.03. The molecule has 0 bridgehead atoms. The third-order valence-corrected chi connectivity index (χ3v) is 3.10. The van der Waals surface area contributed by atoms with Crippen LogP contribution < -0.4 is 10.5 Å². The van der Waals surface area contributed by atoms with Gasteiger partial charge in [-0.25, -0.2) is 4.79 Å². The van der Waals surface area contributed by atoms with Crippen molar-refractivity contribution in [2.75, 3.05) is 12.8 Å². The van der Waals surface area contributed by atoms with E-state index in [-0.39, 0.29) is 5.56 Å². The Labute approximate surface area is 126 Å². The minimum Gasteiger partial charge on any atom is -0.465 e. The fourth-order valence-electron chi connectivity index (χ4n) is 1.57. The Balaban J connectivity index is 2.34. The van der Waals surface area contributed by atoms with Crippen molar-refractivity contribution in [1.29, 1.82) is 0 Å². The molecular formula is C14H11Cl2NO3. The van der Waals surface area contributed by atoms with Crippen LogP contribution in [0.2, 0.25) is 10.0 Å². The monoisotopic (exact) mass is 311 g/mol. The van der Waals surface area contributed by atoms with Gasteiger partial charge in [0.2, 0.25) is 0 Å². The van der Waals surface area contributed by atoms with Crippen LogP contribution >= 0.6 is 23.2 Å². The number of rotatable bonds is 3. The molecule has 0 amide bonds. The molecule has 4 nitrogen and oxygen atoms in total. The molecule has 0 radical (unpaired) electrons. The van der Waals surface area contributed by atoms with Crippen molar-refractivity contribution in [1.82, 2.24) is 0 Å². The Morgan fingerprint density at radius 2 is 1.90 bits per heavy atom. The molecule has 104 valence electrons. The maximum absolute atomic E-state index is 11.6. The smallest absolute Gasteiger partial charge is 0.340 e. The molecule has 2 aromatic carbocycles. The van der Waals surface area contributed by atoms with Crippen molar-refractivity contribution in [2.24, 2.45) is 0 Å². The van der Waals surface area contributed by atoms with Crippen molar-refractivity contribution >= 4 is 34.9 Å². The number of nitrogens with two attached hydrogens (primary N) is 1. The van der Waals surface area contributed by atoms with E-state index in [9.17, 15) is 4.79 Å². The number of benzene rings is 2. The summed E-state index contributed by atoms with van der Waals surface area (Å²) in [4.78, 5) is 11.6. The van der Waals surface area contributed by atoms with Crippen molar-refractivity contribution < 1.29 is 14.3 Å². The molecule has 0 spiro atoms. The molecular weight excluding hydrogens is 301 g/mol. The fraction of sp³-hybridized carbons (Fsp3) is 0.0714. The SMILES string of the molecule is COC(=O)c1cc(Oc2cc(Cl)ccc2Cl)ccc1N. The van der Waals surface area contributed by atoms with Gasteiger partial charge in [-0.15, -0.1) is 0 Å². The molecule has 0 aliphatic heterocycles. The van der Waals surface area contributed by atoms with Gasteiger partial charge in [-0.2, -0.15) is 0 Å². The molecule has 20 heavy (non-hydrogen) atoms. The van der Waals surface area contributed by atoms with E-state index in [1.165, 1.54) is 13.2 Å². The van der Waals surface area contributed by atoms with Gasteiger partial charge in [0, 0.05) is 16.8 Å². The number of methoxy groups -OCH3 is 1. The molecule has 0 fully saturated rings. The van der Waals surface area contributed by atoms with E-state index in [4.69, 9.17) is 33.7 Å². The first-order chi connectivity index (χ1) is 9.51. The van der Waals surface area contributed by atoms with Crippen LogP contribution in [0.25, 0.3) is 0 Å². The zero-order chi connectivity index (χ0) is 14.7. The Morgan fingerprint density at radius 1 is 1.15 bits per heavy atom. The number of hydrogen-bond acceptors (Lipinski definition) is 4. The van der Waals surface area contributed by atoms with E-state index >= 15 is 0 Å². The van der Waals surface area contributed by atoms with Gasteiger partial charge >= 0.3 is 5.97 Å². The second-order valence-corrected chi connectivity index (χ2v) is 4.76.